The second kappa shape index (κ2) is 6.97. The van der Waals surface area contributed by atoms with Gasteiger partial charge in [-0.25, -0.2) is 4.90 Å². The van der Waals surface area contributed by atoms with E-state index in [-0.39, 0.29) is 30.1 Å². The number of nitrogens with zero attached hydrogens (tertiary/aromatic N) is 1. The first-order valence-corrected chi connectivity index (χ1v) is 8.20. The maximum Gasteiger partial charge on any atom is 0.238 e. The highest BCUT2D eigenvalue weighted by Gasteiger charge is 2.43. The molecule has 0 spiro atoms. The molecule has 2 amide bonds. The predicted octanol–water partition coefficient (Wildman–Crippen LogP) is 3.39. The summed E-state index contributed by atoms with van der Waals surface area (Å²) in [4.78, 5) is 26.8. The monoisotopic (exact) mass is 339 g/mol. The summed E-state index contributed by atoms with van der Waals surface area (Å²) in [5.74, 6) is 0.189. The molecule has 3 rings (SSSR count). The van der Waals surface area contributed by atoms with Crippen LogP contribution in [0.25, 0.3) is 0 Å². The van der Waals surface area contributed by atoms with E-state index < -0.39 is 0 Å². The van der Waals surface area contributed by atoms with E-state index in [0.717, 1.165) is 5.56 Å². The van der Waals surface area contributed by atoms with Crippen LogP contribution in [-0.4, -0.2) is 26.0 Å². The van der Waals surface area contributed by atoms with Crippen molar-refractivity contribution in [1.29, 1.82) is 0 Å². The van der Waals surface area contributed by atoms with E-state index in [2.05, 4.69) is 0 Å². The minimum absolute atomic E-state index is 0.0424. The van der Waals surface area contributed by atoms with Gasteiger partial charge < -0.3 is 9.47 Å². The van der Waals surface area contributed by atoms with Gasteiger partial charge in [0.2, 0.25) is 11.8 Å². The van der Waals surface area contributed by atoms with Crippen molar-refractivity contribution in [1.82, 2.24) is 0 Å². The van der Waals surface area contributed by atoms with Gasteiger partial charge in [0.05, 0.1) is 25.8 Å². The summed E-state index contributed by atoms with van der Waals surface area (Å²) in [5, 5.41) is 0. The summed E-state index contributed by atoms with van der Waals surface area (Å²) in [6.45, 7) is 1.98. The zero-order chi connectivity index (χ0) is 18.0. The van der Waals surface area contributed by atoms with Gasteiger partial charge in [0.15, 0.2) is 0 Å². The highest BCUT2D eigenvalue weighted by Crippen LogP contribution is 2.40. The molecule has 1 aliphatic heterocycles. The number of hydrogen-bond acceptors (Lipinski definition) is 4. The highest BCUT2D eigenvalue weighted by atomic mass is 16.5. The van der Waals surface area contributed by atoms with Gasteiger partial charge in [-0.2, -0.15) is 0 Å². The normalized spacial score (nSPS) is 18.4. The molecular formula is C20H21NO4. The molecule has 130 valence electrons. The molecular weight excluding hydrogens is 318 g/mol. The Hall–Kier alpha value is -2.82. The molecule has 5 heteroatoms. The fourth-order valence-corrected chi connectivity index (χ4v) is 3.26. The van der Waals surface area contributed by atoms with E-state index in [0.29, 0.717) is 17.2 Å². The van der Waals surface area contributed by atoms with Crippen LogP contribution < -0.4 is 14.4 Å². The number of methoxy groups -OCH3 is 2. The van der Waals surface area contributed by atoms with Crippen LogP contribution in [0.15, 0.2) is 48.5 Å². The molecule has 0 bridgehead atoms. The minimum atomic E-state index is -0.384. The van der Waals surface area contributed by atoms with E-state index in [1.165, 1.54) is 12.0 Å². The van der Waals surface area contributed by atoms with Crippen LogP contribution in [0, 0.1) is 5.92 Å². The number of hydrogen-bond donors (Lipinski definition) is 0. The zero-order valence-electron chi connectivity index (χ0n) is 14.6. The van der Waals surface area contributed by atoms with Gasteiger partial charge in [-0.1, -0.05) is 37.3 Å². The van der Waals surface area contributed by atoms with Crippen molar-refractivity contribution in [3.8, 4) is 11.5 Å². The summed E-state index contributed by atoms with van der Waals surface area (Å²) in [7, 11) is 3.06. The number of benzene rings is 2. The van der Waals surface area contributed by atoms with Crippen molar-refractivity contribution in [2.75, 3.05) is 19.1 Å². The van der Waals surface area contributed by atoms with Crippen molar-refractivity contribution < 1.29 is 19.1 Å². The summed E-state index contributed by atoms with van der Waals surface area (Å²) in [6.07, 6.45) is 0.190. The summed E-state index contributed by atoms with van der Waals surface area (Å²) in [5.41, 5.74) is 1.48. The van der Waals surface area contributed by atoms with Crippen LogP contribution in [-0.2, 0) is 9.59 Å². The Kier molecular flexibility index (Phi) is 4.74. The van der Waals surface area contributed by atoms with Gasteiger partial charge in [-0.3, -0.25) is 9.59 Å². The third kappa shape index (κ3) is 3.09. The first-order chi connectivity index (χ1) is 12.1. The fourth-order valence-electron chi connectivity index (χ4n) is 3.26. The average molecular weight is 339 g/mol. The molecule has 0 aromatic heterocycles. The van der Waals surface area contributed by atoms with Gasteiger partial charge in [0, 0.05) is 12.5 Å². The van der Waals surface area contributed by atoms with E-state index in [9.17, 15) is 9.59 Å². The fraction of sp³-hybridized carbons (Fsp3) is 0.300. The summed E-state index contributed by atoms with van der Waals surface area (Å²) >= 11 is 0. The van der Waals surface area contributed by atoms with Crippen molar-refractivity contribution in [3.63, 3.8) is 0 Å². The highest BCUT2D eigenvalue weighted by molar-refractivity contribution is 6.22. The van der Waals surface area contributed by atoms with Crippen molar-refractivity contribution >= 4 is 17.5 Å². The average Bonchev–Trinajstić information content (AvgIpc) is 2.95. The Morgan fingerprint density at radius 3 is 2.40 bits per heavy atom. The largest absolute Gasteiger partial charge is 0.497 e. The molecule has 1 fully saturated rings. The number of carbonyl (C=O) groups excluding carboxylic acids is 2. The molecule has 5 nitrogen and oxygen atoms in total. The molecule has 1 heterocycles. The first-order valence-electron chi connectivity index (χ1n) is 8.20. The van der Waals surface area contributed by atoms with Gasteiger partial charge in [0.1, 0.15) is 11.5 Å². The second-order valence-corrected chi connectivity index (χ2v) is 6.12. The lowest BCUT2D eigenvalue weighted by Crippen LogP contribution is -2.31. The third-order valence-corrected chi connectivity index (χ3v) is 4.74. The Labute approximate surface area is 147 Å². The summed E-state index contributed by atoms with van der Waals surface area (Å²) < 4.78 is 10.6. The number of ether oxygens (including phenoxy) is 2. The lowest BCUT2D eigenvalue weighted by atomic mass is 9.86. The van der Waals surface area contributed by atoms with Crippen LogP contribution in [0.3, 0.4) is 0 Å². The van der Waals surface area contributed by atoms with Gasteiger partial charge >= 0.3 is 0 Å². The Bertz CT molecular complexity index is 788. The predicted molar refractivity (Wildman–Crippen MR) is 95.0 cm³/mol. The molecule has 1 saturated heterocycles. The Morgan fingerprint density at radius 1 is 1.04 bits per heavy atom. The Morgan fingerprint density at radius 2 is 1.76 bits per heavy atom. The van der Waals surface area contributed by atoms with Gasteiger partial charge in [-0.05, 0) is 23.6 Å². The van der Waals surface area contributed by atoms with E-state index >= 15 is 0 Å². The lowest BCUT2D eigenvalue weighted by molar-refractivity contribution is -0.122. The first kappa shape index (κ1) is 17.0. The maximum absolute atomic E-state index is 13.0. The van der Waals surface area contributed by atoms with E-state index in [1.54, 1.807) is 25.3 Å². The van der Waals surface area contributed by atoms with Crippen molar-refractivity contribution in [3.05, 3.63) is 54.1 Å². The topological polar surface area (TPSA) is 55.8 Å². The Balaban J connectivity index is 1.95. The van der Waals surface area contributed by atoms with Crippen molar-refractivity contribution in [2.24, 2.45) is 5.92 Å². The summed E-state index contributed by atoms with van der Waals surface area (Å²) in [6, 6.07) is 14.9. The SMILES string of the molecule is COc1ccc(OC)c(N2C(=O)C[C@H]([C@H](C)c3ccccc3)C2=O)c1. The van der Waals surface area contributed by atoms with Crippen LogP contribution in [0.2, 0.25) is 0 Å². The number of amides is 2. The van der Waals surface area contributed by atoms with Crippen LogP contribution in [0.4, 0.5) is 5.69 Å². The lowest BCUT2D eigenvalue weighted by Gasteiger charge is -2.21. The molecule has 1 aliphatic rings. The van der Waals surface area contributed by atoms with Crippen LogP contribution in [0.5, 0.6) is 11.5 Å². The number of anilines is 1. The molecule has 0 N–H and O–H groups in total. The molecule has 2 aromatic rings. The maximum atomic E-state index is 13.0. The third-order valence-electron chi connectivity index (χ3n) is 4.74. The standard InChI is InChI=1S/C20H21NO4/c1-13(14-7-5-4-6-8-14)16-12-19(22)21(20(16)23)17-11-15(24-2)9-10-18(17)25-3/h4-11,13,16H,12H2,1-3H3/t13-,16-/m1/s1. The number of carbonyl (C=O) groups is 2. The molecule has 0 unspecified atom stereocenters. The van der Waals surface area contributed by atoms with Crippen LogP contribution >= 0.6 is 0 Å². The zero-order valence-corrected chi connectivity index (χ0v) is 14.6. The molecule has 0 saturated carbocycles. The van der Waals surface area contributed by atoms with E-state index in [4.69, 9.17) is 9.47 Å². The molecule has 0 radical (unpaired) electrons. The second-order valence-electron chi connectivity index (χ2n) is 6.12. The number of rotatable bonds is 5. The molecule has 2 aromatic carbocycles. The molecule has 0 aliphatic carbocycles. The van der Waals surface area contributed by atoms with Crippen LogP contribution in [0.1, 0.15) is 24.8 Å². The smallest absolute Gasteiger partial charge is 0.238 e. The molecule has 25 heavy (non-hydrogen) atoms. The van der Waals surface area contributed by atoms with E-state index in [1.807, 2.05) is 37.3 Å². The van der Waals surface area contributed by atoms with Gasteiger partial charge in [-0.15, -0.1) is 0 Å². The van der Waals surface area contributed by atoms with Gasteiger partial charge in [0.25, 0.3) is 0 Å². The minimum Gasteiger partial charge on any atom is -0.497 e. The number of imide groups is 1. The molecule has 2 atom stereocenters. The van der Waals surface area contributed by atoms with Crippen molar-refractivity contribution in [2.45, 2.75) is 19.3 Å². The quantitative estimate of drug-likeness (QED) is 0.784.